The van der Waals surface area contributed by atoms with Gasteiger partial charge in [-0.25, -0.2) is 4.79 Å². The van der Waals surface area contributed by atoms with Crippen LogP contribution in [0.15, 0.2) is 36.9 Å². The standard InChI is InChI=1S/C22H26N2O5/c1-7-12-24(21(26)16-8-10-17(28-5)11-9-16)15(4)20(25)18-13(2)19(22(27)29-6)23-14(18)3/h7-11,15,23H,1,12H2,2-6H3/t15-/m0/s1. The minimum Gasteiger partial charge on any atom is -0.497 e. The Labute approximate surface area is 170 Å². The summed E-state index contributed by atoms with van der Waals surface area (Å²) in [5, 5.41) is 0. The van der Waals surface area contributed by atoms with Crippen molar-refractivity contribution in [1.82, 2.24) is 9.88 Å². The summed E-state index contributed by atoms with van der Waals surface area (Å²) in [7, 11) is 2.83. The number of benzene rings is 1. The van der Waals surface area contributed by atoms with E-state index in [1.54, 1.807) is 58.2 Å². The first-order chi connectivity index (χ1) is 13.8. The molecule has 0 spiro atoms. The number of methoxy groups -OCH3 is 2. The number of Topliss-reactive ketones (excluding diaryl/α,β-unsaturated/α-hetero) is 1. The van der Waals surface area contributed by atoms with Gasteiger partial charge in [0.05, 0.1) is 20.3 Å². The van der Waals surface area contributed by atoms with Crippen LogP contribution in [-0.4, -0.2) is 54.3 Å². The van der Waals surface area contributed by atoms with Crippen molar-refractivity contribution in [1.29, 1.82) is 0 Å². The molecule has 7 nitrogen and oxygen atoms in total. The summed E-state index contributed by atoms with van der Waals surface area (Å²) in [6, 6.07) is 5.91. The maximum atomic E-state index is 13.2. The van der Waals surface area contributed by atoms with Crippen molar-refractivity contribution in [3.63, 3.8) is 0 Å². The van der Waals surface area contributed by atoms with Gasteiger partial charge in [0.15, 0.2) is 5.78 Å². The summed E-state index contributed by atoms with van der Waals surface area (Å²) in [5.74, 6) is -0.480. The van der Waals surface area contributed by atoms with Crippen molar-refractivity contribution in [2.45, 2.75) is 26.8 Å². The lowest BCUT2D eigenvalue weighted by Crippen LogP contribution is -2.43. The molecule has 7 heteroatoms. The summed E-state index contributed by atoms with van der Waals surface area (Å²) in [6.45, 7) is 8.95. The zero-order valence-electron chi connectivity index (χ0n) is 17.4. The number of carbonyl (C=O) groups excluding carboxylic acids is 3. The molecule has 1 atom stereocenters. The fraction of sp³-hybridized carbons (Fsp3) is 0.318. The molecule has 0 unspecified atom stereocenters. The van der Waals surface area contributed by atoms with Crippen LogP contribution < -0.4 is 4.74 Å². The summed E-state index contributed by atoms with van der Waals surface area (Å²) in [4.78, 5) is 42.6. The SMILES string of the molecule is C=CCN(C(=O)c1ccc(OC)cc1)[C@@H](C)C(=O)c1c(C)[nH]c(C(=O)OC)c1C. The number of nitrogens with zero attached hydrogens (tertiary/aromatic N) is 1. The highest BCUT2D eigenvalue weighted by molar-refractivity contribution is 6.07. The molecule has 0 aliphatic carbocycles. The second-order valence-corrected chi connectivity index (χ2v) is 6.63. The Kier molecular flexibility index (Phi) is 6.98. The number of nitrogens with one attached hydrogen (secondary N) is 1. The number of aryl methyl sites for hydroxylation is 1. The largest absolute Gasteiger partial charge is 0.497 e. The van der Waals surface area contributed by atoms with Crippen molar-refractivity contribution >= 4 is 17.7 Å². The molecule has 2 aromatic rings. The van der Waals surface area contributed by atoms with E-state index in [9.17, 15) is 14.4 Å². The van der Waals surface area contributed by atoms with Gasteiger partial charge in [0, 0.05) is 23.4 Å². The van der Waals surface area contributed by atoms with Crippen LogP contribution in [0.4, 0.5) is 0 Å². The van der Waals surface area contributed by atoms with Gasteiger partial charge in [0.2, 0.25) is 0 Å². The van der Waals surface area contributed by atoms with Gasteiger partial charge in [0.1, 0.15) is 11.4 Å². The molecule has 1 amide bonds. The number of esters is 1. The summed E-state index contributed by atoms with van der Waals surface area (Å²) in [6.07, 6.45) is 1.57. The van der Waals surface area contributed by atoms with Gasteiger partial charge < -0.3 is 19.4 Å². The molecule has 0 aliphatic heterocycles. The van der Waals surface area contributed by atoms with Gasteiger partial charge in [-0.05, 0) is 50.6 Å². The Balaban J connectivity index is 2.37. The van der Waals surface area contributed by atoms with Crippen LogP contribution in [0.25, 0.3) is 0 Å². The first kappa shape index (κ1) is 21.9. The van der Waals surface area contributed by atoms with Crippen molar-refractivity contribution in [3.8, 4) is 5.75 Å². The minimum atomic E-state index is -0.763. The molecule has 0 radical (unpaired) electrons. The number of rotatable bonds is 8. The van der Waals surface area contributed by atoms with Crippen LogP contribution in [-0.2, 0) is 4.74 Å². The molecule has 1 aromatic carbocycles. The molecule has 0 bridgehead atoms. The number of hydrogen-bond donors (Lipinski definition) is 1. The molecular weight excluding hydrogens is 372 g/mol. The molecular formula is C22H26N2O5. The van der Waals surface area contributed by atoms with Crippen molar-refractivity contribution < 1.29 is 23.9 Å². The molecule has 29 heavy (non-hydrogen) atoms. The maximum Gasteiger partial charge on any atom is 0.354 e. The van der Waals surface area contributed by atoms with Crippen LogP contribution in [0.5, 0.6) is 5.75 Å². The zero-order chi connectivity index (χ0) is 21.7. The fourth-order valence-electron chi connectivity index (χ4n) is 3.23. The number of amides is 1. The number of aromatic nitrogens is 1. The van der Waals surface area contributed by atoms with E-state index in [0.29, 0.717) is 28.1 Å². The minimum absolute atomic E-state index is 0.199. The monoisotopic (exact) mass is 398 g/mol. The molecule has 0 saturated carbocycles. The van der Waals surface area contributed by atoms with Crippen LogP contribution in [0.2, 0.25) is 0 Å². The Bertz CT molecular complexity index is 927. The molecule has 0 fully saturated rings. The molecule has 1 aromatic heterocycles. The average molecular weight is 398 g/mol. The average Bonchev–Trinajstić information content (AvgIpc) is 3.03. The lowest BCUT2D eigenvalue weighted by atomic mass is 9.99. The smallest absolute Gasteiger partial charge is 0.354 e. The highest BCUT2D eigenvalue weighted by atomic mass is 16.5. The lowest BCUT2D eigenvalue weighted by molar-refractivity contribution is 0.0593. The van der Waals surface area contributed by atoms with Gasteiger partial charge in [-0.3, -0.25) is 9.59 Å². The molecule has 0 aliphatic rings. The highest BCUT2D eigenvalue weighted by Gasteiger charge is 2.31. The first-order valence-electron chi connectivity index (χ1n) is 9.14. The van der Waals surface area contributed by atoms with Gasteiger partial charge in [0.25, 0.3) is 5.91 Å². The van der Waals surface area contributed by atoms with E-state index < -0.39 is 12.0 Å². The molecule has 1 heterocycles. The van der Waals surface area contributed by atoms with Gasteiger partial charge in [-0.15, -0.1) is 6.58 Å². The Morgan fingerprint density at radius 1 is 1.17 bits per heavy atom. The summed E-state index contributed by atoms with van der Waals surface area (Å²) >= 11 is 0. The number of H-pyrrole nitrogens is 1. The number of hydrogen-bond acceptors (Lipinski definition) is 5. The normalized spacial score (nSPS) is 11.5. The Morgan fingerprint density at radius 3 is 2.31 bits per heavy atom. The van der Waals surface area contributed by atoms with E-state index in [4.69, 9.17) is 9.47 Å². The fourth-order valence-corrected chi connectivity index (χ4v) is 3.23. The lowest BCUT2D eigenvalue weighted by Gasteiger charge is -2.27. The molecule has 0 saturated heterocycles. The van der Waals surface area contributed by atoms with Crippen LogP contribution in [0, 0.1) is 13.8 Å². The van der Waals surface area contributed by atoms with Crippen molar-refractivity contribution in [2.75, 3.05) is 20.8 Å². The van der Waals surface area contributed by atoms with Crippen LogP contribution in [0.1, 0.15) is 49.4 Å². The predicted molar refractivity (Wildman–Crippen MR) is 110 cm³/mol. The quantitative estimate of drug-likeness (QED) is 0.419. The third kappa shape index (κ3) is 4.39. The van der Waals surface area contributed by atoms with Crippen molar-refractivity contribution in [3.05, 3.63) is 65.0 Å². The number of carbonyl (C=O) groups is 3. The van der Waals surface area contributed by atoms with Crippen molar-refractivity contribution in [2.24, 2.45) is 0 Å². The Hall–Kier alpha value is -3.35. The predicted octanol–water partition coefficient (Wildman–Crippen LogP) is 3.33. The van der Waals surface area contributed by atoms with E-state index in [1.807, 2.05) is 0 Å². The molecule has 2 rings (SSSR count). The third-order valence-electron chi connectivity index (χ3n) is 4.84. The van der Waals surface area contributed by atoms with Crippen LogP contribution >= 0.6 is 0 Å². The van der Waals surface area contributed by atoms with Gasteiger partial charge >= 0.3 is 5.97 Å². The second-order valence-electron chi connectivity index (χ2n) is 6.63. The summed E-state index contributed by atoms with van der Waals surface area (Å²) in [5.41, 5.74) is 2.11. The number of ether oxygens (including phenoxy) is 2. The topological polar surface area (TPSA) is 88.7 Å². The second kappa shape index (κ2) is 9.23. The van der Waals surface area contributed by atoms with E-state index in [1.165, 1.54) is 12.0 Å². The first-order valence-corrected chi connectivity index (χ1v) is 9.14. The third-order valence-corrected chi connectivity index (χ3v) is 4.84. The van der Waals surface area contributed by atoms with Gasteiger partial charge in [-0.2, -0.15) is 0 Å². The van der Waals surface area contributed by atoms with E-state index >= 15 is 0 Å². The van der Waals surface area contributed by atoms with E-state index in [-0.39, 0.29) is 23.9 Å². The van der Waals surface area contributed by atoms with Crippen LogP contribution in [0.3, 0.4) is 0 Å². The molecule has 1 N–H and O–H groups in total. The van der Waals surface area contributed by atoms with E-state index in [2.05, 4.69) is 11.6 Å². The van der Waals surface area contributed by atoms with E-state index in [0.717, 1.165) is 0 Å². The zero-order valence-corrected chi connectivity index (χ0v) is 17.4. The van der Waals surface area contributed by atoms with Gasteiger partial charge in [-0.1, -0.05) is 6.08 Å². The number of aromatic amines is 1. The number of ketones is 1. The highest BCUT2D eigenvalue weighted by Crippen LogP contribution is 2.23. The maximum absolute atomic E-state index is 13.2. The molecule has 154 valence electrons. The summed E-state index contributed by atoms with van der Waals surface area (Å²) < 4.78 is 9.88. The Morgan fingerprint density at radius 2 is 1.79 bits per heavy atom.